The molecule has 0 amide bonds. The van der Waals surface area contributed by atoms with E-state index in [1.165, 1.54) is 10.9 Å². The van der Waals surface area contributed by atoms with E-state index < -0.39 is 54.5 Å². The van der Waals surface area contributed by atoms with E-state index in [9.17, 15) is 28.8 Å². The lowest BCUT2D eigenvalue weighted by Crippen LogP contribution is -2.33. The normalized spacial score (nSPS) is 27.9. The molecule has 0 bridgehead atoms. The minimum absolute atomic E-state index is 0.0515. The summed E-state index contributed by atoms with van der Waals surface area (Å²) < 4.78 is 53.0. The summed E-state index contributed by atoms with van der Waals surface area (Å²) >= 11 is 5.04. The van der Waals surface area contributed by atoms with E-state index in [-0.39, 0.29) is 21.8 Å². The highest BCUT2D eigenvalue weighted by Gasteiger charge is 2.46. The SMILES string of the molecule is Nc1nc(=S)c2ncn([C@@H]3O[C@H](COP(N)(=O)OP(=O)(O)OP(=O)(O)O)C(O)C3O)c2[nH]1. The molecule has 0 radical (unpaired) electrons. The summed E-state index contributed by atoms with van der Waals surface area (Å²) in [5.41, 5.74) is 11.2. The highest BCUT2D eigenvalue weighted by atomic mass is 32.1. The van der Waals surface area contributed by atoms with E-state index >= 15 is 0 Å². The van der Waals surface area contributed by atoms with Crippen LogP contribution < -0.4 is 11.2 Å². The number of aliphatic hydroxyl groups is 2. The number of rotatable bonds is 8. The Morgan fingerprint density at radius 1 is 1.22 bits per heavy atom. The number of fused-ring (bicyclic) bond motifs is 1. The van der Waals surface area contributed by atoms with Crippen molar-refractivity contribution in [1.29, 1.82) is 0 Å². The Hall–Kier alpha value is -1.14. The molecule has 3 rings (SSSR count). The van der Waals surface area contributed by atoms with Gasteiger partial charge in [-0.2, -0.15) is 8.62 Å². The lowest BCUT2D eigenvalue weighted by molar-refractivity contribution is -0.0484. The monoisotopic (exact) mass is 538 g/mol. The van der Waals surface area contributed by atoms with E-state index in [4.69, 9.17) is 38.0 Å². The van der Waals surface area contributed by atoms with Crippen LogP contribution in [-0.2, 0) is 31.6 Å². The summed E-state index contributed by atoms with van der Waals surface area (Å²) in [4.78, 5) is 36.8. The number of anilines is 1. The molecule has 2 aromatic rings. The van der Waals surface area contributed by atoms with E-state index in [1.54, 1.807) is 0 Å². The minimum Gasteiger partial charge on any atom is -0.387 e. The molecule has 3 heterocycles. The van der Waals surface area contributed by atoms with Crippen molar-refractivity contribution in [3.05, 3.63) is 11.0 Å². The van der Waals surface area contributed by atoms with Crippen molar-refractivity contribution in [2.24, 2.45) is 5.50 Å². The van der Waals surface area contributed by atoms with Crippen LogP contribution in [0.3, 0.4) is 0 Å². The van der Waals surface area contributed by atoms with Gasteiger partial charge in [0.05, 0.1) is 12.9 Å². The summed E-state index contributed by atoms with van der Waals surface area (Å²) in [6.07, 6.45) is -4.64. The summed E-state index contributed by atoms with van der Waals surface area (Å²) in [5.74, 6) is -0.0515. The second-order valence-electron chi connectivity index (χ2n) is 6.28. The number of nitrogens with two attached hydrogens (primary N) is 2. The molecule has 0 aliphatic carbocycles. The second-order valence-corrected chi connectivity index (χ2v) is 11.2. The Bertz CT molecular complexity index is 1210. The fourth-order valence-corrected chi connectivity index (χ4v) is 6.14. The predicted octanol–water partition coefficient (Wildman–Crippen LogP) is -1.00. The number of nitrogens with one attached hydrogen (secondary N) is 1. The highest BCUT2D eigenvalue weighted by molar-refractivity contribution is 7.71. The molecule has 180 valence electrons. The van der Waals surface area contributed by atoms with Gasteiger partial charge < -0.3 is 40.3 Å². The average Bonchev–Trinajstić information content (AvgIpc) is 3.12. The Kier molecular flexibility index (Phi) is 7.09. The van der Waals surface area contributed by atoms with Crippen molar-refractivity contribution in [2.75, 3.05) is 12.3 Å². The first-order chi connectivity index (χ1) is 14.6. The smallest absolute Gasteiger partial charge is 0.387 e. The number of aromatic nitrogens is 4. The first-order valence-electron chi connectivity index (χ1n) is 8.17. The molecular weight excluding hydrogens is 521 g/mol. The van der Waals surface area contributed by atoms with Crippen LogP contribution in [0, 0.1) is 4.64 Å². The number of imidazole rings is 1. The molecule has 10 N–H and O–H groups in total. The number of ether oxygens (including phenoxy) is 1. The Morgan fingerprint density at radius 2 is 1.88 bits per heavy atom. The zero-order valence-electron chi connectivity index (χ0n) is 15.4. The molecule has 32 heavy (non-hydrogen) atoms. The lowest BCUT2D eigenvalue weighted by Gasteiger charge is -2.20. The van der Waals surface area contributed by atoms with Gasteiger partial charge in [0, 0.05) is 0 Å². The molecule has 6 atom stereocenters. The largest absolute Gasteiger partial charge is 0.489 e. The number of nitrogens with zero attached hydrogens (tertiary/aromatic N) is 3. The first kappa shape index (κ1) is 25.5. The quantitative estimate of drug-likeness (QED) is 0.148. The third kappa shape index (κ3) is 5.85. The van der Waals surface area contributed by atoms with E-state index in [1.807, 2.05) is 0 Å². The van der Waals surface area contributed by atoms with Gasteiger partial charge in [-0.25, -0.2) is 29.2 Å². The summed E-state index contributed by atoms with van der Waals surface area (Å²) in [6.45, 7) is -0.843. The number of nitrogen functional groups attached to an aromatic ring is 1. The van der Waals surface area contributed by atoms with E-state index in [0.717, 1.165) is 0 Å². The molecule has 1 aliphatic heterocycles. The summed E-state index contributed by atoms with van der Waals surface area (Å²) in [6, 6.07) is 0. The molecule has 0 saturated carbocycles. The van der Waals surface area contributed by atoms with Gasteiger partial charge in [0.15, 0.2) is 16.8 Å². The van der Waals surface area contributed by atoms with Crippen molar-refractivity contribution in [2.45, 2.75) is 24.5 Å². The van der Waals surface area contributed by atoms with E-state index in [0.29, 0.717) is 0 Å². The molecule has 2 aromatic heterocycles. The number of aliphatic hydroxyl groups excluding tert-OH is 2. The van der Waals surface area contributed by atoms with Crippen LogP contribution in [0.25, 0.3) is 11.2 Å². The number of hydrogen-bond acceptors (Lipinski definition) is 13. The molecule has 4 unspecified atom stereocenters. The van der Waals surface area contributed by atoms with Crippen molar-refractivity contribution in [1.82, 2.24) is 19.5 Å². The topological polar surface area (TPSA) is 288 Å². The Morgan fingerprint density at radius 3 is 2.50 bits per heavy atom. The first-order valence-corrected chi connectivity index (χ1v) is 13.2. The standard InChI is InChI=1S/C10H17N6O12P3S/c11-10-14-7-4(8(32)15-10)13-2-16(7)9-6(18)5(17)3(26-9)1-25-29(12,19)27-31(23,24)28-30(20,21)22/h2-3,5-6,9,17-18H,1H2,(H2,12,19)(H,23,24)(H2,20,21,22)(H3,11,14,15,32)/t3-,5?,6?,9-,29?/m1/s1. The minimum atomic E-state index is -5.59. The molecule has 18 nitrogen and oxygen atoms in total. The molecule has 1 aliphatic rings. The lowest BCUT2D eigenvalue weighted by atomic mass is 10.1. The van der Waals surface area contributed by atoms with Crippen molar-refractivity contribution in [3.63, 3.8) is 0 Å². The van der Waals surface area contributed by atoms with Crippen LogP contribution in [0.15, 0.2) is 6.33 Å². The van der Waals surface area contributed by atoms with E-state index in [2.05, 4.69) is 28.1 Å². The molecule has 1 fully saturated rings. The third-order valence-corrected chi connectivity index (χ3v) is 8.13. The Labute approximate surface area is 182 Å². The van der Waals surface area contributed by atoms with Crippen LogP contribution in [0.5, 0.6) is 0 Å². The van der Waals surface area contributed by atoms with Gasteiger partial charge in [0.1, 0.15) is 29.5 Å². The third-order valence-electron chi connectivity index (χ3n) is 3.92. The molecule has 0 spiro atoms. The fourth-order valence-electron chi connectivity index (χ4n) is 2.74. The number of aromatic amines is 1. The van der Waals surface area contributed by atoms with Crippen molar-refractivity contribution < 1.29 is 56.5 Å². The van der Waals surface area contributed by atoms with Crippen LogP contribution in [0.2, 0.25) is 0 Å². The average molecular weight is 538 g/mol. The molecule has 22 heteroatoms. The maximum atomic E-state index is 12.0. The number of hydrogen-bond donors (Lipinski definition) is 8. The second kappa shape index (κ2) is 8.90. The van der Waals surface area contributed by atoms with Crippen molar-refractivity contribution >= 4 is 52.7 Å². The van der Waals surface area contributed by atoms with Crippen LogP contribution in [-0.4, -0.2) is 69.3 Å². The van der Waals surface area contributed by atoms with Gasteiger partial charge in [0.25, 0.3) is 0 Å². The molecule has 0 aromatic carbocycles. The van der Waals surface area contributed by atoms with Gasteiger partial charge in [-0.15, -0.1) is 0 Å². The van der Waals surface area contributed by atoms with Crippen LogP contribution in [0.1, 0.15) is 6.23 Å². The Balaban J connectivity index is 1.72. The van der Waals surface area contributed by atoms with Crippen molar-refractivity contribution in [3.8, 4) is 0 Å². The van der Waals surface area contributed by atoms with Crippen LogP contribution in [0.4, 0.5) is 5.95 Å². The van der Waals surface area contributed by atoms with Gasteiger partial charge >= 0.3 is 23.4 Å². The number of H-pyrrole nitrogens is 1. The fraction of sp³-hybridized carbons (Fsp3) is 0.500. The van der Waals surface area contributed by atoms with Gasteiger partial charge in [0.2, 0.25) is 0 Å². The predicted molar refractivity (Wildman–Crippen MR) is 105 cm³/mol. The summed E-state index contributed by atoms with van der Waals surface area (Å²) in [7, 11) is -16.0. The maximum Gasteiger partial charge on any atom is 0.489 e. The van der Waals surface area contributed by atoms with Gasteiger partial charge in [-0.3, -0.25) is 9.09 Å². The molecule has 1 saturated heterocycles. The van der Waals surface area contributed by atoms with Gasteiger partial charge in [-0.1, -0.05) is 12.2 Å². The molecular formula is C10H17N6O12P3S. The highest BCUT2D eigenvalue weighted by Crippen LogP contribution is 2.65. The maximum absolute atomic E-state index is 12.0. The van der Waals surface area contributed by atoms with Gasteiger partial charge in [-0.05, 0) is 0 Å². The zero-order chi connectivity index (χ0) is 24.1. The summed E-state index contributed by atoms with van der Waals surface area (Å²) in [5, 5.41) is 20.6. The zero-order valence-corrected chi connectivity index (χ0v) is 18.9. The van der Waals surface area contributed by atoms with Crippen LogP contribution >= 0.6 is 35.6 Å². The number of phosphoric acid groups is 2.